The monoisotopic (exact) mass is 373 g/mol. The molecular formula is C18H20ClN5O2. The highest BCUT2D eigenvalue weighted by atomic mass is 35.5. The minimum Gasteiger partial charge on any atom is -0.333 e. The van der Waals surface area contributed by atoms with Gasteiger partial charge in [-0.15, -0.1) is 0 Å². The molecular weight excluding hydrogens is 354 g/mol. The molecule has 0 unspecified atom stereocenters. The summed E-state index contributed by atoms with van der Waals surface area (Å²) in [7, 11) is 0. The van der Waals surface area contributed by atoms with E-state index in [1.54, 1.807) is 21.9 Å². The van der Waals surface area contributed by atoms with Crippen molar-refractivity contribution in [2.45, 2.75) is 32.5 Å². The summed E-state index contributed by atoms with van der Waals surface area (Å²) >= 11 is 5.90. The van der Waals surface area contributed by atoms with E-state index >= 15 is 0 Å². The minimum absolute atomic E-state index is 0.00460. The quantitative estimate of drug-likeness (QED) is 0.877. The lowest BCUT2D eigenvalue weighted by Gasteiger charge is -2.29. The molecule has 2 aliphatic rings. The molecule has 0 bridgehead atoms. The zero-order valence-corrected chi connectivity index (χ0v) is 15.2. The molecule has 4 rings (SSSR count). The fraction of sp³-hybridized carbons (Fsp3) is 0.389. The molecule has 1 aromatic carbocycles. The van der Waals surface area contributed by atoms with E-state index in [1.165, 1.54) is 0 Å². The van der Waals surface area contributed by atoms with Gasteiger partial charge in [-0.05, 0) is 37.3 Å². The molecule has 136 valence electrons. The number of benzene rings is 1. The van der Waals surface area contributed by atoms with Crippen molar-refractivity contribution in [3.63, 3.8) is 0 Å². The van der Waals surface area contributed by atoms with Crippen molar-refractivity contribution in [1.29, 1.82) is 0 Å². The lowest BCUT2D eigenvalue weighted by Crippen LogP contribution is -2.48. The van der Waals surface area contributed by atoms with Gasteiger partial charge in [0.25, 0.3) is 0 Å². The number of carbonyl (C=O) groups excluding carboxylic acids is 2. The maximum atomic E-state index is 12.6. The zero-order chi connectivity index (χ0) is 18.3. The maximum absolute atomic E-state index is 12.6. The van der Waals surface area contributed by atoms with Crippen molar-refractivity contribution in [1.82, 2.24) is 20.0 Å². The van der Waals surface area contributed by atoms with Crippen LogP contribution < -0.4 is 10.2 Å². The molecule has 7 nitrogen and oxygen atoms in total. The van der Waals surface area contributed by atoms with Crippen LogP contribution in [0.25, 0.3) is 0 Å². The Hall–Kier alpha value is -2.54. The van der Waals surface area contributed by atoms with Gasteiger partial charge < -0.3 is 15.1 Å². The summed E-state index contributed by atoms with van der Waals surface area (Å²) in [5.74, 6) is 0.00460. The van der Waals surface area contributed by atoms with E-state index in [9.17, 15) is 9.59 Å². The number of amides is 3. The Labute approximate surface area is 156 Å². The Morgan fingerprint density at radius 1 is 1.27 bits per heavy atom. The third-order valence-electron chi connectivity index (χ3n) is 4.80. The molecule has 0 radical (unpaired) electrons. The van der Waals surface area contributed by atoms with Crippen LogP contribution in [0.5, 0.6) is 0 Å². The third kappa shape index (κ3) is 3.26. The predicted octanol–water partition coefficient (Wildman–Crippen LogP) is 2.18. The number of anilines is 1. The molecule has 26 heavy (non-hydrogen) atoms. The number of aromatic nitrogens is 2. The number of carbonyl (C=O) groups is 2. The Kier molecular flexibility index (Phi) is 4.32. The van der Waals surface area contributed by atoms with Gasteiger partial charge in [0, 0.05) is 30.2 Å². The standard InChI is InChI=1S/C18H20ClN5O2/c1-12-8-16-11-22(6-7-24(16)21-12)18(26)20-14-9-17(25)23(10-14)15-4-2-13(19)3-5-15/h2-5,8,14H,6-7,9-11H2,1H3,(H,20,26)/t14-/m0/s1. The molecule has 2 aliphatic heterocycles. The Morgan fingerprint density at radius 3 is 2.81 bits per heavy atom. The lowest BCUT2D eigenvalue weighted by atomic mass is 10.2. The Morgan fingerprint density at radius 2 is 2.04 bits per heavy atom. The first-order valence-electron chi connectivity index (χ1n) is 8.64. The zero-order valence-electron chi connectivity index (χ0n) is 14.5. The summed E-state index contributed by atoms with van der Waals surface area (Å²) < 4.78 is 1.94. The minimum atomic E-state index is -0.195. The van der Waals surface area contributed by atoms with Crippen LogP contribution >= 0.6 is 11.6 Å². The van der Waals surface area contributed by atoms with E-state index in [2.05, 4.69) is 10.4 Å². The number of nitrogens with zero attached hydrogens (tertiary/aromatic N) is 4. The Bertz CT molecular complexity index is 848. The number of aryl methyl sites for hydroxylation is 1. The number of halogens is 1. The predicted molar refractivity (Wildman–Crippen MR) is 98.1 cm³/mol. The van der Waals surface area contributed by atoms with Gasteiger partial charge >= 0.3 is 6.03 Å². The summed E-state index contributed by atoms with van der Waals surface area (Å²) in [5.41, 5.74) is 2.80. The van der Waals surface area contributed by atoms with Gasteiger partial charge in [-0.1, -0.05) is 11.6 Å². The fourth-order valence-electron chi connectivity index (χ4n) is 3.52. The van der Waals surface area contributed by atoms with E-state index in [0.717, 1.165) is 17.1 Å². The number of urea groups is 1. The lowest BCUT2D eigenvalue weighted by molar-refractivity contribution is -0.117. The largest absolute Gasteiger partial charge is 0.333 e. The van der Waals surface area contributed by atoms with E-state index < -0.39 is 0 Å². The van der Waals surface area contributed by atoms with E-state index in [1.807, 2.05) is 29.8 Å². The van der Waals surface area contributed by atoms with Gasteiger partial charge in [0.05, 0.1) is 30.5 Å². The first-order chi connectivity index (χ1) is 12.5. The first kappa shape index (κ1) is 16.9. The van der Waals surface area contributed by atoms with Crippen molar-refractivity contribution >= 4 is 29.2 Å². The number of fused-ring (bicyclic) bond motifs is 1. The molecule has 0 aliphatic carbocycles. The van der Waals surface area contributed by atoms with Crippen molar-refractivity contribution in [3.05, 3.63) is 46.7 Å². The number of nitrogens with one attached hydrogen (secondary N) is 1. The van der Waals surface area contributed by atoms with E-state index in [0.29, 0.717) is 37.6 Å². The molecule has 1 atom stereocenters. The molecule has 2 aromatic rings. The molecule has 1 saturated heterocycles. The van der Waals surface area contributed by atoms with Crippen molar-refractivity contribution in [3.8, 4) is 0 Å². The van der Waals surface area contributed by atoms with Crippen LogP contribution in [0, 0.1) is 6.92 Å². The second-order valence-corrected chi connectivity index (χ2v) is 7.19. The van der Waals surface area contributed by atoms with Crippen molar-refractivity contribution < 1.29 is 9.59 Å². The molecule has 0 saturated carbocycles. The highest BCUT2D eigenvalue weighted by Gasteiger charge is 2.33. The number of hydrogen-bond acceptors (Lipinski definition) is 3. The van der Waals surface area contributed by atoms with Crippen LogP contribution in [0.15, 0.2) is 30.3 Å². The molecule has 8 heteroatoms. The normalized spacial score (nSPS) is 19.6. The molecule has 0 spiro atoms. The van der Waals surface area contributed by atoms with Crippen LogP contribution in [-0.2, 0) is 17.9 Å². The molecule has 3 heterocycles. The summed E-state index contributed by atoms with van der Waals surface area (Å²) in [4.78, 5) is 28.4. The molecule has 1 N–H and O–H groups in total. The van der Waals surface area contributed by atoms with Crippen LogP contribution in [0.2, 0.25) is 5.02 Å². The van der Waals surface area contributed by atoms with Gasteiger partial charge in [0.15, 0.2) is 0 Å². The van der Waals surface area contributed by atoms with Crippen LogP contribution in [-0.4, -0.2) is 45.8 Å². The summed E-state index contributed by atoms with van der Waals surface area (Å²) in [6, 6.07) is 8.83. The average Bonchev–Trinajstić information content (AvgIpc) is 3.16. The molecule has 1 aromatic heterocycles. The van der Waals surface area contributed by atoms with Crippen molar-refractivity contribution in [2.24, 2.45) is 0 Å². The second-order valence-electron chi connectivity index (χ2n) is 6.75. The first-order valence-corrected chi connectivity index (χ1v) is 9.02. The van der Waals surface area contributed by atoms with Crippen LogP contribution in [0.3, 0.4) is 0 Å². The summed E-state index contributed by atoms with van der Waals surface area (Å²) in [6.45, 7) is 4.26. The summed E-state index contributed by atoms with van der Waals surface area (Å²) in [6.07, 6.45) is 0.305. The SMILES string of the molecule is Cc1cc2n(n1)CCN(C(=O)N[C@H]1CC(=O)N(c3ccc(Cl)cc3)C1)C2. The molecule has 3 amide bonds. The highest BCUT2D eigenvalue weighted by Crippen LogP contribution is 2.23. The van der Waals surface area contributed by atoms with Crippen LogP contribution in [0.4, 0.5) is 10.5 Å². The smallest absolute Gasteiger partial charge is 0.318 e. The third-order valence-corrected chi connectivity index (χ3v) is 5.05. The van der Waals surface area contributed by atoms with Crippen LogP contribution in [0.1, 0.15) is 17.8 Å². The van der Waals surface area contributed by atoms with Gasteiger partial charge in [-0.3, -0.25) is 9.48 Å². The summed E-state index contributed by atoms with van der Waals surface area (Å²) in [5, 5.41) is 8.03. The highest BCUT2D eigenvalue weighted by molar-refractivity contribution is 6.30. The van der Waals surface area contributed by atoms with Crippen molar-refractivity contribution in [2.75, 3.05) is 18.0 Å². The fourth-order valence-corrected chi connectivity index (χ4v) is 3.65. The van der Waals surface area contributed by atoms with Gasteiger partial charge in [0.1, 0.15) is 0 Å². The number of rotatable bonds is 2. The van der Waals surface area contributed by atoms with Gasteiger partial charge in [-0.2, -0.15) is 5.10 Å². The maximum Gasteiger partial charge on any atom is 0.318 e. The van der Waals surface area contributed by atoms with Gasteiger partial charge in [-0.25, -0.2) is 4.79 Å². The van der Waals surface area contributed by atoms with E-state index in [-0.39, 0.29) is 18.0 Å². The Balaban J connectivity index is 1.38. The van der Waals surface area contributed by atoms with E-state index in [4.69, 9.17) is 11.6 Å². The van der Waals surface area contributed by atoms with Gasteiger partial charge in [0.2, 0.25) is 5.91 Å². The topological polar surface area (TPSA) is 70.5 Å². The second kappa shape index (κ2) is 6.64. The average molecular weight is 374 g/mol. The molecule has 1 fully saturated rings. The number of hydrogen-bond donors (Lipinski definition) is 1.